The first-order valence-electron chi connectivity index (χ1n) is 12.7. The van der Waals surface area contributed by atoms with E-state index in [1.54, 1.807) is 36.7 Å². The van der Waals surface area contributed by atoms with Crippen molar-refractivity contribution in [3.63, 3.8) is 0 Å². The Morgan fingerprint density at radius 1 is 1.08 bits per heavy atom. The van der Waals surface area contributed by atoms with E-state index in [1.807, 2.05) is 23.6 Å². The largest absolute Gasteiger partial charge is 0.393 e. The minimum atomic E-state index is -0.502. The smallest absolute Gasteiger partial charge is 0.300 e. The lowest BCUT2D eigenvalue weighted by atomic mass is 9.93. The Morgan fingerprint density at radius 3 is 2.54 bits per heavy atom. The summed E-state index contributed by atoms with van der Waals surface area (Å²) in [6, 6.07) is 12.5. The number of anilines is 4. The number of carbonyl (C=O) groups excluding carboxylic acids is 1. The van der Waals surface area contributed by atoms with Crippen LogP contribution in [0.1, 0.15) is 38.2 Å². The van der Waals surface area contributed by atoms with Gasteiger partial charge in [0.2, 0.25) is 5.95 Å². The topological polar surface area (TPSA) is 117 Å². The number of imidazole rings is 1. The van der Waals surface area contributed by atoms with Gasteiger partial charge in [0, 0.05) is 29.9 Å². The molecule has 0 radical (unpaired) electrons. The first-order valence-corrected chi connectivity index (χ1v) is 13.5. The zero-order chi connectivity index (χ0) is 27.4. The summed E-state index contributed by atoms with van der Waals surface area (Å²) < 4.78 is 1.96. The van der Waals surface area contributed by atoms with E-state index in [0.29, 0.717) is 56.5 Å². The monoisotopic (exact) mass is 563 g/mol. The number of amides is 1. The number of aromatic nitrogens is 4. The van der Waals surface area contributed by atoms with Gasteiger partial charge in [-0.2, -0.15) is 9.97 Å². The van der Waals surface area contributed by atoms with Crippen molar-refractivity contribution in [1.82, 2.24) is 19.5 Å². The fourth-order valence-corrected chi connectivity index (χ4v) is 4.93. The molecule has 1 aliphatic carbocycles. The molecule has 39 heavy (non-hydrogen) atoms. The fraction of sp³-hybridized carbons (Fsp3) is 0.286. The van der Waals surface area contributed by atoms with Gasteiger partial charge in [0.1, 0.15) is 0 Å². The van der Waals surface area contributed by atoms with E-state index in [-0.39, 0.29) is 12.1 Å². The number of rotatable bonds is 6. The molecule has 200 valence electrons. The molecule has 0 bridgehead atoms. The lowest BCUT2D eigenvalue weighted by Gasteiger charge is -2.26. The maximum absolute atomic E-state index is 12.5. The normalized spacial score (nSPS) is 16.8. The summed E-state index contributed by atoms with van der Waals surface area (Å²) in [5.74, 6) is 5.81. The van der Waals surface area contributed by atoms with Crippen LogP contribution < -0.4 is 16.0 Å². The van der Waals surface area contributed by atoms with Crippen molar-refractivity contribution in [3.05, 3.63) is 64.4 Å². The minimum Gasteiger partial charge on any atom is -0.393 e. The Labute approximate surface area is 236 Å². The number of hydrogen-bond acceptors (Lipinski definition) is 7. The summed E-state index contributed by atoms with van der Waals surface area (Å²) in [6.07, 6.45) is 4.72. The number of aliphatic hydroxyl groups is 1. The van der Waals surface area contributed by atoms with E-state index in [1.165, 1.54) is 0 Å². The zero-order valence-corrected chi connectivity index (χ0v) is 22.7. The summed E-state index contributed by atoms with van der Waals surface area (Å²) in [6.45, 7) is 2.74. The molecule has 0 unspecified atom stereocenters. The Hall–Kier alpha value is -3.84. The molecule has 1 fully saturated rings. The second kappa shape index (κ2) is 11.9. The van der Waals surface area contributed by atoms with Gasteiger partial charge in [-0.15, -0.1) is 0 Å². The Bertz CT molecular complexity index is 1550. The van der Waals surface area contributed by atoms with Gasteiger partial charge in [0.15, 0.2) is 17.0 Å². The standard InChI is InChI=1S/C28H27Cl2N7O2/c1-2-37-16-31-25-26(35-28(36-27(25)37)34-17-9-11-20(38)12-10-17)33-19-6-3-5-18(15-19)32-24(39)14-13-21-22(29)7-4-8-23(21)30/h3-8,15-17,20,38H,2,9-12H2,1H3,(H,32,39)(H2,33,34,35,36)/t17-,20-. The van der Waals surface area contributed by atoms with Gasteiger partial charge in [-0.1, -0.05) is 41.3 Å². The first-order chi connectivity index (χ1) is 18.9. The van der Waals surface area contributed by atoms with Gasteiger partial charge >= 0.3 is 5.91 Å². The number of fused-ring (bicyclic) bond motifs is 1. The summed E-state index contributed by atoms with van der Waals surface area (Å²) in [5.41, 5.74) is 3.00. The predicted octanol–water partition coefficient (Wildman–Crippen LogP) is 5.60. The second-order valence-electron chi connectivity index (χ2n) is 9.25. The van der Waals surface area contributed by atoms with Crippen molar-refractivity contribution >= 4 is 63.4 Å². The molecular weight excluding hydrogens is 537 g/mol. The highest BCUT2D eigenvalue weighted by molar-refractivity contribution is 6.36. The number of benzene rings is 2. The predicted molar refractivity (Wildman–Crippen MR) is 155 cm³/mol. The van der Waals surface area contributed by atoms with Crippen molar-refractivity contribution in [1.29, 1.82) is 0 Å². The highest BCUT2D eigenvalue weighted by atomic mass is 35.5. The van der Waals surface area contributed by atoms with E-state index in [9.17, 15) is 9.90 Å². The van der Waals surface area contributed by atoms with Crippen LogP contribution in [0.4, 0.5) is 23.1 Å². The molecule has 1 aliphatic rings. The number of nitrogens with one attached hydrogen (secondary N) is 3. The molecule has 4 aromatic rings. The van der Waals surface area contributed by atoms with Gasteiger partial charge in [-0.25, -0.2) is 4.98 Å². The summed E-state index contributed by atoms with van der Waals surface area (Å²) in [4.78, 5) is 26.5. The number of aryl methyl sites for hydroxylation is 1. The molecule has 0 atom stereocenters. The number of hydrogen-bond donors (Lipinski definition) is 4. The van der Waals surface area contributed by atoms with Gasteiger partial charge in [-0.3, -0.25) is 4.79 Å². The van der Waals surface area contributed by atoms with E-state index in [0.717, 1.165) is 25.7 Å². The molecular formula is C28H27Cl2N7O2. The van der Waals surface area contributed by atoms with Crippen LogP contribution in [0, 0.1) is 11.8 Å². The lowest BCUT2D eigenvalue weighted by molar-refractivity contribution is -0.111. The Balaban J connectivity index is 1.35. The van der Waals surface area contributed by atoms with Crippen LogP contribution in [0.5, 0.6) is 0 Å². The van der Waals surface area contributed by atoms with E-state index < -0.39 is 5.91 Å². The maximum Gasteiger partial charge on any atom is 0.300 e. The molecule has 1 saturated carbocycles. The molecule has 2 heterocycles. The van der Waals surface area contributed by atoms with Crippen LogP contribution >= 0.6 is 23.2 Å². The maximum atomic E-state index is 12.5. The Kier molecular flexibility index (Phi) is 8.17. The van der Waals surface area contributed by atoms with Gasteiger partial charge in [0.05, 0.1) is 28.0 Å². The van der Waals surface area contributed by atoms with Crippen LogP contribution in [0.25, 0.3) is 11.2 Å². The van der Waals surface area contributed by atoms with Crippen molar-refractivity contribution < 1.29 is 9.90 Å². The number of aliphatic hydroxyl groups excluding tert-OH is 1. The fourth-order valence-electron chi connectivity index (χ4n) is 4.44. The van der Waals surface area contributed by atoms with Crippen molar-refractivity contribution in [2.45, 2.75) is 51.3 Å². The van der Waals surface area contributed by atoms with Crippen LogP contribution in [0.3, 0.4) is 0 Å². The minimum absolute atomic E-state index is 0.192. The van der Waals surface area contributed by atoms with E-state index >= 15 is 0 Å². The molecule has 1 amide bonds. The van der Waals surface area contributed by atoms with Crippen molar-refractivity contribution in [2.75, 3.05) is 16.0 Å². The average molecular weight is 564 g/mol. The second-order valence-corrected chi connectivity index (χ2v) is 10.1. The van der Waals surface area contributed by atoms with Crippen LogP contribution in [-0.2, 0) is 11.3 Å². The SMILES string of the molecule is CCn1cnc2c(Nc3cccc(NC(=O)C#Cc4c(Cl)cccc4Cl)c3)nc(N[C@H]3CC[C@H](O)CC3)nc21. The summed E-state index contributed by atoms with van der Waals surface area (Å²) in [7, 11) is 0. The molecule has 11 heteroatoms. The van der Waals surface area contributed by atoms with Crippen molar-refractivity contribution in [2.24, 2.45) is 0 Å². The number of nitrogens with zero attached hydrogens (tertiary/aromatic N) is 4. The van der Waals surface area contributed by atoms with Gasteiger partial charge in [0.25, 0.3) is 0 Å². The van der Waals surface area contributed by atoms with E-state index in [2.05, 4.69) is 32.8 Å². The number of halogens is 2. The van der Waals surface area contributed by atoms with Crippen LogP contribution in [0.15, 0.2) is 48.8 Å². The highest BCUT2D eigenvalue weighted by Crippen LogP contribution is 2.28. The summed E-state index contributed by atoms with van der Waals surface area (Å²) in [5, 5.41) is 20.1. The molecule has 0 saturated heterocycles. The Morgan fingerprint density at radius 2 is 1.79 bits per heavy atom. The third-order valence-corrected chi connectivity index (χ3v) is 7.11. The average Bonchev–Trinajstić information content (AvgIpc) is 3.33. The molecule has 5 rings (SSSR count). The zero-order valence-electron chi connectivity index (χ0n) is 21.2. The first kappa shape index (κ1) is 26.8. The number of carbonyl (C=O) groups is 1. The molecule has 2 aromatic heterocycles. The molecule has 4 N–H and O–H groups in total. The third-order valence-electron chi connectivity index (χ3n) is 6.48. The molecule has 0 spiro atoms. The third kappa shape index (κ3) is 6.42. The lowest BCUT2D eigenvalue weighted by Crippen LogP contribution is -2.29. The van der Waals surface area contributed by atoms with Crippen LogP contribution in [-0.4, -0.2) is 42.7 Å². The quantitative estimate of drug-likeness (QED) is 0.225. The van der Waals surface area contributed by atoms with Crippen molar-refractivity contribution in [3.8, 4) is 11.8 Å². The van der Waals surface area contributed by atoms with Gasteiger partial charge in [-0.05, 0) is 62.9 Å². The molecule has 0 aliphatic heterocycles. The molecule has 2 aromatic carbocycles. The van der Waals surface area contributed by atoms with E-state index in [4.69, 9.17) is 33.2 Å². The van der Waals surface area contributed by atoms with Gasteiger partial charge < -0.3 is 25.6 Å². The molecule has 9 nitrogen and oxygen atoms in total. The summed E-state index contributed by atoms with van der Waals surface area (Å²) >= 11 is 12.3. The highest BCUT2D eigenvalue weighted by Gasteiger charge is 2.21. The van der Waals surface area contributed by atoms with Crippen LogP contribution in [0.2, 0.25) is 10.0 Å².